The first-order valence-electron chi connectivity index (χ1n) is 8.17. The Morgan fingerprint density at radius 3 is 1.92 bits per heavy atom. The van der Waals surface area contributed by atoms with Gasteiger partial charge in [0.25, 0.3) is 0 Å². The third-order valence-corrected chi connectivity index (χ3v) is 5.24. The third kappa shape index (κ3) is 3.01. The molecule has 1 heterocycles. The van der Waals surface area contributed by atoms with Gasteiger partial charge in [-0.15, -0.1) is 0 Å². The molecule has 1 aliphatic rings. The van der Waals surface area contributed by atoms with Crippen LogP contribution in [0.4, 0.5) is 21.9 Å². The Kier molecular flexibility index (Phi) is 3.98. The molecule has 2 amide bonds. The number of carbonyl (C=O) groups is 1. The van der Waals surface area contributed by atoms with Crippen LogP contribution in [0.15, 0.2) is 76.5 Å². The molecule has 0 unspecified atom stereocenters. The molecule has 124 valence electrons. The van der Waals surface area contributed by atoms with Gasteiger partial charge in [-0.05, 0) is 61.4 Å². The number of carbonyl (C=O) groups excluding carboxylic acids is 1. The van der Waals surface area contributed by atoms with Gasteiger partial charge in [0.1, 0.15) is 0 Å². The van der Waals surface area contributed by atoms with Gasteiger partial charge in [-0.2, -0.15) is 0 Å². The van der Waals surface area contributed by atoms with Crippen molar-refractivity contribution in [2.24, 2.45) is 0 Å². The van der Waals surface area contributed by atoms with Crippen molar-refractivity contribution in [3.8, 4) is 0 Å². The lowest BCUT2D eigenvalue weighted by Gasteiger charge is -2.31. The van der Waals surface area contributed by atoms with Crippen molar-refractivity contribution in [1.29, 1.82) is 0 Å². The van der Waals surface area contributed by atoms with Gasteiger partial charge in [-0.25, -0.2) is 4.79 Å². The summed E-state index contributed by atoms with van der Waals surface area (Å²) in [7, 11) is 0. The minimum Gasteiger partial charge on any atom is -0.307 e. The van der Waals surface area contributed by atoms with Crippen LogP contribution in [0, 0.1) is 13.8 Å². The zero-order chi connectivity index (χ0) is 17.4. The van der Waals surface area contributed by atoms with Gasteiger partial charge in [-0.3, -0.25) is 4.90 Å². The van der Waals surface area contributed by atoms with E-state index in [-0.39, 0.29) is 6.03 Å². The minimum absolute atomic E-state index is 0.148. The Labute approximate surface area is 151 Å². The lowest BCUT2D eigenvalue weighted by molar-refractivity contribution is 0.259. The first kappa shape index (κ1) is 15.8. The molecule has 25 heavy (non-hydrogen) atoms. The molecule has 0 bridgehead atoms. The number of fused-ring (bicyclic) bond motifs is 2. The fourth-order valence-corrected chi connectivity index (χ4v) is 4.21. The zero-order valence-electron chi connectivity index (χ0n) is 14.1. The molecule has 0 fully saturated rings. The fraction of sp³-hybridized carbons (Fsp3) is 0.0952. The number of hydrogen-bond acceptors (Lipinski definition) is 2. The second-order valence-electron chi connectivity index (χ2n) is 6.18. The van der Waals surface area contributed by atoms with Gasteiger partial charge in [-0.1, -0.05) is 42.1 Å². The topological polar surface area (TPSA) is 32.3 Å². The number of aryl methyl sites for hydroxylation is 2. The Morgan fingerprint density at radius 1 is 0.840 bits per heavy atom. The normalized spacial score (nSPS) is 12.3. The average molecular weight is 346 g/mol. The van der Waals surface area contributed by atoms with E-state index in [0.29, 0.717) is 0 Å². The SMILES string of the molecule is Cc1cc(C)cc(NC(=O)N2c3ccccc3Sc3ccccc32)c1. The maximum atomic E-state index is 13.1. The Balaban J connectivity index is 1.75. The molecule has 4 heteroatoms. The van der Waals surface area contributed by atoms with Crippen LogP contribution >= 0.6 is 11.8 Å². The van der Waals surface area contributed by atoms with Crippen LogP contribution in [0.25, 0.3) is 0 Å². The van der Waals surface area contributed by atoms with E-state index in [2.05, 4.69) is 11.4 Å². The number of hydrogen-bond donors (Lipinski definition) is 1. The summed E-state index contributed by atoms with van der Waals surface area (Å²) in [4.78, 5) is 17.0. The molecule has 3 aromatic rings. The summed E-state index contributed by atoms with van der Waals surface area (Å²) in [5.74, 6) is 0. The van der Waals surface area contributed by atoms with Crippen LogP contribution < -0.4 is 10.2 Å². The van der Waals surface area contributed by atoms with Crippen LogP contribution in [-0.4, -0.2) is 6.03 Å². The highest BCUT2D eigenvalue weighted by Gasteiger charge is 2.27. The van der Waals surface area contributed by atoms with E-state index < -0.39 is 0 Å². The predicted molar refractivity (Wildman–Crippen MR) is 104 cm³/mol. The highest BCUT2D eigenvalue weighted by molar-refractivity contribution is 7.99. The number of benzene rings is 3. The molecule has 0 radical (unpaired) electrons. The molecular formula is C21H18N2OS. The molecular weight excluding hydrogens is 328 g/mol. The van der Waals surface area contributed by atoms with Crippen molar-refractivity contribution < 1.29 is 4.79 Å². The number of nitrogens with zero attached hydrogens (tertiary/aromatic N) is 1. The van der Waals surface area contributed by atoms with Gasteiger partial charge in [0.05, 0.1) is 11.4 Å². The van der Waals surface area contributed by atoms with E-state index in [0.717, 1.165) is 38.0 Å². The maximum Gasteiger partial charge on any atom is 0.331 e. The first-order valence-corrected chi connectivity index (χ1v) is 8.99. The number of anilines is 3. The predicted octanol–water partition coefficient (Wildman–Crippen LogP) is 6.14. The summed E-state index contributed by atoms with van der Waals surface area (Å²) < 4.78 is 0. The van der Waals surface area contributed by atoms with Crippen LogP contribution in [0.5, 0.6) is 0 Å². The van der Waals surface area contributed by atoms with Gasteiger partial charge >= 0.3 is 6.03 Å². The first-order chi connectivity index (χ1) is 12.1. The van der Waals surface area contributed by atoms with Crippen molar-refractivity contribution in [1.82, 2.24) is 0 Å². The van der Waals surface area contributed by atoms with E-state index in [1.54, 1.807) is 16.7 Å². The third-order valence-electron chi connectivity index (χ3n) is 4.11. The molecule has 4 rings (SSSR count). The van der Waals surface area contributed by atoms with Crippen LogP contribution in [0.2, 0.25) is 0 Å². The Bertz CT molecular complexity index is 902. The smallest absolute Gasteiger partial charge is 0.307 e. The van der Waals surface area contributed by atoms with Gasteiger partial charge in [0, 0.05) is 15.5 Å². The van der Waals surface area contributed by atoms with E-state index >= 15 is 0 Å². The maximum absolute atomic E-state index is 13.1. The summed E-state index contributed by atoms with van der Waals surface area (Å²) >= 11 is 1.69. The van der Waals surface area contributed by atoms with Gasteiger partial charge in [0.2, 0.25) is 0 Å². The minimum atomic E-state index is -0.148. The van der Waals surface area contributed by atoms with Crippen molar-refractivity contribution in [2.75, 3.05) is 10.2 Å². The van der Waals surface area contributed by atoms with E-state index in [1.165, 1.54) is 0 Å². The van der Waals surface area contributed by atoms with E-state index in [4.69, 9.17) is 0 Å². The Morgan fingerprint density at radius 2 is 1.36 bits per heavy atom. The van der Waals surface area contributed by atoms with Crippen LogP contribution in [0.3, 0.4) is 0 Å². The lowest BCUT2D eigenvalue weighted by Crippen LogP contribution is -2.32. The van der Waals surface area contributed by atoms with Crippen LogP contribution in [-0.2, 0) is 0 Å². The summed E-state index contributed by atoms with van der Waals surface area (Å²) in [5.41, 5.74) is 4.90. The Hall–Kier alpha value is -2.72. The average Bonchev–Trinajstić information content (AvgIpc) is 2.58. The van der Waals surface area contributed by atoms with Crippen molar-refractivity contribution >= 4 is 34.9 Å². The van der Waals surface area contributed by atoms with E-state index in [9.17, 15) is 4.79 Å². The molecule has 1 aliphatic heterocycles. The quantitative estimate of drug-likeness (QED) is 0.574. The van der Waals surface area contributed by atoms with Gasteiger partial charge < -0.3 is 5.32 Å². The highest BCUT2D eigenvalue weighted by Crippen LogP contribution is 2.47. The largest absolute Gasteiger partial charge is 0.331 e. The van der Waals surface area contributed by atoms with Crippen molar-refractivity contribution in [2.45, 2.75) is 23.6 Å². The van der Waals surface area contributed by atoms with E-state index in [1.807, 2.05) is 74.5 Å². The molecule has 0 saturated heterocycles. The number of rotatable bonds is 1. The summed E-state index contributed by atoms with van der Waals surface area (Å²) in [6.45, 7) is 4.07. The fourth-order valence-electron chi connectivity index (χ4n) is 3.15. The molecule has 1 N–H and O–H groups in total. The zero-order valence-corrected chi connectivity index (χ0v) is 14.9. The molecule has 0 aromatic heterocycles. The molecule has 3 aromatic carbocycles. The second-order valence-corrected chi connectivity index (χ2v) is 7.26. The molecule has 0 atom stereocenters. The lowest BCUT2D eigenvalue weighted by atomic mass is 10.1. The number of nitrogens with one attached hydrogen (secondary N) is 1. The number of urea groups is 1. The molecule has 3 nitrogen and oxygen atoms in total. The molecule has 0 aliphatic carbocycles. The number of para-hydroxylation sites is 2. The standard InChI is InChI=1S/C21H18N2OS/c1-14-11-15(2)13-16(12-14)22-21(24)23-17-7-3-5-9-19(17)25-20-10-6-4-8-18(20)23/h3-13H,1-2H3,(H,22,24). The van der Waals surface area contributed by atoms with Crippen LogP contribution in [0.1, 0.15) is 11.1 Å². The summed E-state index contributed by atoms with van der Waals surface area (Å²) in [6.07, 6.45) is 0. The molecule has 0 saturated carbocycles. The number of amides is 2. The monoisotopic (exact) mass is 346 g/mol. The van der Waals surface area contributed by atoms with Crippen molar-refractivity contribution in [3.05, 3.63) is 77.9 Å². The van der Waals surface area contributed by atoms with Crippen molar-refractivity contribution in [3.63, 3.8) is 0 Å². The summed E-state index contributed by atoms with van der Waals surface area (Å²) in [6, 6.07) is 21.9. The van der Waals surface area contributed by atoms with Gasteiger partial charge in [0.15, 0.2) is 0 Å². The highest BCUT2D eigenvalue weighted by atomic mass is 32.2. The summed E-state index contributed by atoms with van der Waals surface area (Å²) in [5, 5.41) is 3.05. The molecule has 0 spiro atoms. The second kappa shape index (κ2) is 6.30.